The Balaban J connectivity index is 1.71. The number of amides is 1. The molecule has 0 saturated carbocycles. The first-order valence-electron chi connectivity index (χ1n) is 10.1. The van der Waals surface area contributed by atoms with Crippen LogP contribution in [0.3, 0.4) is 0 Å². The van der Waals surface area contributed by atoms with Gasteiger partial charge in [0.15, 0.2) is 5.78 Å². The second-order valence-corrected chi connectivity index (χ2v) is 9.39. The molecule has 0 aromatic heterocycles. The number of aliphatic imine (C=N–C) groups is 1. The Morgan fingerprint density at radius 2 is 1.93 bits per heavy atom. The number of nitrogens with zero attached hydrogens (tertiary/aromatic N) is 3. The molecule has 1 fully saturated rings. The minimum atomic E-state index is -0.518. The van der Waals surface area contributed by atoms with E-state index in [1.807, 2.05) is 58.0 Å². The van der Waals surface area contributed by atoms with E-state index >= 15 is 0 Å². The third-order valence-electron chi connectivity index (χ3n) is 5.56. The molecule has 1 aromatic carbocycles. The Hall–Kier alpha value is -2.41. The van der Waals surface area contributed by atoms with Gasteiger partial charge in [-0.15, -0.1) is 0 Å². The maximum atomic E-state index is 13.3. The summed E-state index contributed by atoms with van der Waals surface area (Å²) < 4.78 is 5.47. The fourth-order valence-electron chi connectivity index (χ4n) is 3.99. The molecule has 0 unspecified atom stereocenters. The molecular weight excluding hydrogens is 368 g/mol. The number of carbonyl (C=O) groups excluding carboxylic acids is 2. The van der Waals surface area contributed by atoms with E-state index in [1.54, 1.807) is 4.90 Å². The van der Waals surface area contributed by atoms with Gasteiger partial charge in [0.1, 0.15) is 11.4 Å². The number of hydrogen-bond donors (Lipinski definition) is 1. The van der Waals surface area contributed by atoms with Crippen LogP contribution >= 0.6 is 0 Å². The number of fused-ring (bicyclic) bond motifs is 1. The van der Waals surface area contributed by atoms with Gasteiger partial charge in [-0.25, -0.2) is 4.79 Å². The molecule has 0 bridgehead atoms. The van der Waals surface area contributed by atoms with Crippen molar-refractivity contribution in [3.05, 3.63) is 34.9 Å². The van der Waals surface area contributed by atoms with Gasteiger partial charge in [0.05, 0.1) is 6.67 Å². The predicted octanol–water partition coefficient (Wildman–Crippen LogP) is 2.67. The van der Waals surface area contributed by atoms with E-state index in [1.165, 1.54) is 0 Å². The molecule has 3 rings (SSSR count). The summed E-state index contributed by atoms with van der Waals surface area (Å²) in [5.41, 5.74) is 7.76. The summed E-state index contributed by atoms with van der Waals surface area (Å²) in [4.78, 5) is 33.6. The van der Waals surface area contributed by atoms with Crippen molar-refractivity contribution in [3.63, 3.8) is 0 Å². The Morgan fingerprint density at radius 1 is 1.28 bits per heavy atom. The lowest BCUT2D eigenvalue weighted by molar-refractivity contribution is 0.0114. The normalized spacial score (nSPS) is 19.0. The molecule has 1 amide bonds. The Kier molecular flexibility index (Phi) is 5.72. The van der Waals surface area contributed by atoms with E-state index in [0.717, 1.165) is 23.1 Å². The average Bonchev–Trinajstić information content (AvgIpc) is 2.90. The summed E-state index contributed by atoms with van der Waals surface area (Å²) in [5, 5.41) is 0. The highest BCUT2D eigenvalue weighted by atomic mass is 16.6. The zero-order chi connectivity index (χ0) is 21.4. The molecule has 1 aliphatic heterocycles. The molecule has 1 heterocycles. The maximum Gasteiger partial charge on any atom is 0.410 e. The fraction of sp³-hybridized carbons (Fsp3) is 0.591. The van der Waals surface area contributed by atoms with Gasteiger partial charge in [0, 0.05) is 29.6 Å². The van der Waals surface area contributed by atoms with Gasteiger partial charge in [0.2, 0.25) is 0 Å². The van der Waals surface area contributed by atoms with E-state index in [0.29, 0.717) is 38.4 Å². The molecule has 0 radical (unpaired) electrons. The Labute approximate surface area is 172 Å². The first kappa shape index (κ1) is 21.3. The molecule has 1 saturated heterocycles. The predicted molar refractivity (Wildman–Crippen MR) is 113 cm³/mol. The number of nitrogens with two attached hydrogens (primary N) is 1. The van der Waals surface area contributed by atoms with Crippen LogP contribution in [0, 0.1) is 5.41 Å². The van der Waals surface area contributed by atoms with Gasteiger partial charge in [-0.05, 0) is 65.8 Å². The van der Waals surface area contributed by atoms with Gasteiger partial charge < -0.3 is 15.4 Å². The lowest BCUT2D eigenvalue weighted by Gasteiger charge is -2.38. The summed E-state index contributed by atoms with van der Waals surface area (Å²) in [6.07, 6.45) is 1.72. The molecule has 29 heavy (non-hydrogen) atoms. The standard InChI is InChI=1S/C22H32N4O3/c1-21(2,3)29-20(28)26-10-8-22(9-11-26)13-16-7-6-15(12-17(16)18(22)27)19(23)24-14-25(4)5/h6-7,12H,8-11,13-14H2,1-5H3,(H2,23,24). The van der Waals surface area contributed by atoms with E-state index in [9.17, 15) is 9.59 Å². The van der Waals surface area contributed by atoms with Crippen molar-refractivity contribution < 1.29 is 14.3 Å². The summed E-state index contributed by atoms with van der Waals surface area (Å²) >= 11 is 0. The molecule has 2 N–H and O–H groups in total. The zero-order valence-corrected chi connectivity index (χ0v) is 18.1. The van der Waals surface area contributed by atoms with Crippen molar-refractivity contribution in [2.75, 3.05) is 33.9 Å². The second-order valence-electron chi connectivity index (χ2n) is 9.39. The number of benzene rings is 1. The smallest absolute Gasteiger partial charge is 0.410 e. The molecular formula is C22H32N4O3. The summed E-state index contributed by atoms with van der Waals surface area (Å²) in [7, 11) is 3.85. The summed E-state index contributed by atoms with van der Waals surface area (Å²) in [6, 6.07) is 5.81. The number of ether oxygens (including phenoxy) is 1. The first-order chi connectivity index (χ1) is 13.5. The molecule has 7 heteroatoms. The van der Waals surface area contributed by atoms with Gasteiger partial charge in [0.25, 0.3) is 0 Å². The van der Waals surface area contributed by atoms with Gasteiger partial charge in [-0.3, -0.25) is 14.7 Å². The lowest BCUT2D eigenvalue weighted by Crippen LogP contribution is -2.47. The minimum absolute atomic E-state index is 0.165. The number of hydrogen-bond acceptors (Lipinski definition) is 5. The average molecular weight is 401 g/mol. The molecule has 2 aliphatic rings. The lowest BCUT2D eigenvalue weighted by atomic mass is 9.75. The molecule has 1 spiro atoms. The highest BCUT2D eigenvalue weighted by molar-refractivity contribution is 6.07. The van der Waals surface area contributed by atoms with Crippen molar-refractivity contribution in [1.29, 1.82) is 0 Å². The van der Waals surface area contributed by atoms with Crippen LogP contribution in [0.1, 0.15) is 55.1 Å². The van der Waals surface area contributed by atoms with Crippen LogP contribution in [0.25, 0.3) is 0 Å². The van der Waals surface area contributed by atoms with Crippen molar-refractivity contribution in [3.8, 4) is 0 Å². The largest absolute Gasteiger partial charge is 0.444 e. The molecule has 158 valence electrons. The second kappa shape index (κ2) is 7.78. The number of rotatable bonds is 3. The minimum Gasteiger partial charge on any atom is -0.444 e. The van der Waals surface area contributed by atoms with Crippen molar-refractivity contribution in [2.45, 2.75) is 45.6 Å². The van der Waals surface area contributed by atoms with Crippen LogP contribution in [-0.2, 0) is 11.2 Å². The molecule has 1 aromatic rings. The Morgan fingerprint density at radius 3 is 2.52 bits per heavy atom. The molecule has 7 nitrogen and oxygen atoms in total. The van der Waals surface area contributed by atoms with Crippen LogP contribution in [0.2, 0.25) is 0 Å². The number of likely N-dealkylation sites (tertiary alicyclic amines) is 1. The number of ketones is 1. The third kappa shape index (κ3) is 4.61. The van der Waals surface area contributed by atoms with E-state index in [2.05, 4.69) is 4.99 Å². The highest BCUT2D eigenvalue weighted by Gasteiger charge is 2.48. The number of carbonyl (C=O) groups is 2. The number of piperidine rings is 1. The zero-order valence-electron chi connectivity index (χ0n) is 18.1. The fourth-order valence-corrected chi connectivity index (χ4v) is 3.99. The number of amidine groups is 1. The molecule has 1 aliphatic carbocycles. The molecule has 0 atom stereocenters. The monoisotopic (exact) mass is 400 g/mol. The summed E-state index contributed by atoms with van der Waals surface area (Å²) in [6.45, 7) is 7.15. The summed E-state index contributed by atoms with van der Waals surface area (Å²) in [5.74, 6) is 0.605. The van der Waals surface area contributed by atoms with E-state index in [-0.39, 0.29) is 11.9 Å². The van der Waals surface area contributed by atoms with E-state index in [4.69, 9.17) is 10.5 Å². The van der Waals surface area contributed by atoms with Gasteiger partial charge in [-0.1, -0.05) is 12.1 Å². The SMILES string of the molecule is CN(C)CN=C(N)c1ccc2c(c1)C(=O)C1(CCN(C(=O)OC(C)(C)C)CC1)C2. The van der Waals surface area contributed by atoms with Crippen LogP contribution in [0.15, 0.2) is 23.2 Å². The van der Waals surface area contributed by atoms with Crippen LogP contribution in [-0.4, -0.2) is 67.0 Å². The third-order valence-corrected chi connectivity index (χ3v) is 5.56. The highest BCUT2D eigenvalue weighted by Crippen LogP contribution is 2.44. The van der Waals surface area contributed by atoms with Gasteiger partial charge in [-0.2, -0.15) is 0 Å². The van der Waals surface area contributed by atoms with E-state index < -0.39 is 11.0 Å². The first-order valence-corrected chi connectivity index (χ1v) is 10.1. The van der Waals surface area contributed by atoms with Crippen LogP contribution in [0.5, 0.6) is 0 Å². The maximum absolute atomic E-state index is 13.3. The quantitative estimate of drug-likeness (QED) is 0.622. The van der Waals surface area contributed by atoms with Crippen molar-refractivity contribution in [2.24, 2.45) is 16.1 Å². The van der Waals surface area contributed by atoms with Crippen molar-refractivity contribution >= 4 is 17.7 Å². The Bertz CT molecular complexity index is 831. The van der Waals surface area contributed by atoms with Gasteiger partial charge >= 0.3 is 6.09 Å². The number of Topliss-reactive ketones (excluding diaryl/α,β-unsaturated/α-hetero) is 1. The van der Waals surface area contributed by atoms with Crippen molar-refractivity contribution in [1.82, 2.24) is 9.80 Å². The van der Waals surface area contributed by atoms with Crippen LogP contribution < -0.4 is 5.73 Å². The van der Waals surface area contributed by atoms with Crippen LogP contribution in [0.4, 0.5) is 4.79 Å². The topological polar surface area (TPSA) is 88.2 Å².